The van der Waals surface area contributed by atoms with Gasteiger partial charge in [0.05, 0.1) is 24.7 Å². The van der Waals surface area contributed by atoms with E-state index in [4.69, 9.17) is 4.42 Å². The molecule has 2 aromatic rings. The van der Waals surface area contributed by atoms with Gasteiger partial charge < -0.3 is 15.1 Å². The minimum absolute atomic E-state index is 0.288. The van der Waals surface area contributed by atoms with Crippen molar-refractivity contribution in [1.82, 2.24) is 10.3 Å². The average Bonchev–Trinajstić information content (AvgIpc) is 2.81. The normalized spacial score (nSPS) is 9.75. The number of pyridine rings is 1. The molecule has 0 atom stereocenters. The second-order valence-corrected chi connectivity index (χ2v) is 3.13. The highest BCUT2D eigenvalue weighted by molar-refractivity contribution is 5.88. The fourth-order valence-electron chi connectivity index (χ4n) is 1.19. The lowest BCUT2D eigenvalue weighted by Gasteiger charge is -2.05. The van der Waals surface area contributed by atoms with Gasteiger partial charge in [-0.05, 0) is 24.3 Å². The van der Waals surface area contributed by atoms with Crippen LogP contribution in [0, 0.1) is 0 Å². The summed E-state index contributed by atoms with van der Waals surface area (Å²) in [6.07, 6.45) is 4.79. The van der Waals surface area contributed by atoms with Crippen LogP contribution in [0.4, 0.5) is 10.5 Å². The van der Waals surface area contributed by atoms with Gasteiger partial charge in [0.25, 0.3) is 0 Å². The van der Waals surface area contributed by atoms with Gasteiger partial charge in [0.15, 0.2) is 0 Å². The first-order valence-electron chi connectivity index (χ1n) is 4.82. The lowest BCUT2D eigenvalue weighted by molar-refractivity contribution is 0.251. The van der Waals surface area contributed by atoms with Gasteiger partial charge in [0.1, 0.15) is 5.76 Å². The predicted molar refractivity (Wildman–Crippen MR) is 58.8 cm³/mol. The van der Waals surface area contributed by atoms with Gasteiger partial charge in [-0.1, -0.05) is 0 Å². The van der Waals surface area contributed by atoms with Crippen molar-refractivity contribution < 1.29 is 9.21 Å². The van der Waals surface area contributed by atoms with E-state index in [-0.39, 0.29) is 6.03 Å². The summed E-state index contributed by atoms with van der Waals surface area (Å²) in [5.41, 5.74) is 0.652. The minimum Gasteiger partial charge on any atom is -0.467 e. The van der Waals surface area contributed by atoms with Crippen LogP contribution in [0.5, 0.6) is 0 Å². The second-order valence-electron chi connectivity index (χ2n) is 3.13. The molecule has 5 heteroatoms. The number of carbonyl (C=O) groups is 1. The average molecular weight is 217 g/mol. The van der Waals surface area contributed by atoms with Gasteiger partial charge in [-0.2, -0.15) is 0 Å². The van der Waals surface area contributed by atoms with E-state index in [1.165, 1.54) is 0 Å². The predicted octanol–water partition coefficient (Wildman–Crippen LogP) is 2.00. The van der Waals surface area contributed by atoms with E-state index in [1.54, 1.807) is 42.9 Å². The molecule has 0 aliphatic heterocycles. The van der Waals surface area contributed by atoms with Crippen molar-refractivity contribution in [2.75, 3.05) is 5.32 Å². The maximum Gasteiger partial charge on any atom is 0.319 e. The molecule has 2 aromatic heterocycles. The molecule has 2 rings (SSSR count). The standard InChI is InChI=1S/C11H11N3O2/c15-11(13-8-10-4-2-6-16-10)14-9-3-1-5-12-7-9/h1-7H,8H2,(H2,13,14,15). The van der Waals surface area contributed by atoms with Gasteiger partial charge in [-0.3, -0.25) is 4.98 Å². The van der Waals surface area contributed by atoms with Gasteiger partial charge in [-0.25, -0.2) is 4.79 Å². The van der Waals surface area contributed by atoms with E-state index in [1.807, 2.05) is 0 Å². The molecule has 0 aromatic carbocycles. The van der Waals surface area contributed by atoms with E-state index < -0.39 is 0 Å². The van der Waals surface area contributed by atoms with E-state index >= 15 is 0 Å². The number of aromatic nitrogens is 1. The number of rotatable bonds is 3. The highest BCUT2D eigenvalue weighted by Gasteiger charge is 2.02. The number of nitrogens with zero attached hydrogens (tertiary/aromatic N) is 1. The SMILES string of the molecule is O=C(NCc1ccco1)Nc1cccnc1. The third kappa shape index (κ3) is 2.84. The van der Waals surface area contributed by atoms with Crippen molar-refractivity contribution in [3.8, 4) is 0 Å². The lowest BCUT2D eigenvalue weighted by atomic mass is 10.4. The van der Waals surface area contributed by atoms with Gasteiger partial charge >= 0.3 is 6.03 Å². The molecule has 2 heterocycles. The fourth-order valence-corrected chi connectivity index (χ4v) is 1.19. The Morgan fingerprint density at radius 3 is 3.00 bits per heavy atom. The van der Waals surface area contributed by atoms with Crippen molar-refractivity contribution >= 4 is 11.7 Å². The van der Waals surface area contributed by atoms with Crippen molar-refractivity contribution in [2.45, 2.75) is 6.54 Å². The van der Waals surface area contributed by atoms with Gasteiger partial charge in [0, 0.05) is 6.20 Å². The summed E-state index contributed by atoms with van der Waals surface area (Å²) in [6.45, 7) is 0.360. The Labute approximate surface area is 92.5 Å². The Balaban J connectivity index is 1.81. The third-order valence-electron chi connectivity index (χ3n) is 1.92. The summed E-state index contributed by atoms with van der Waals surface area (Å²) < 4.78 is 5.08. The number of urea groups is 1. The Hall–Kier alpha value is -2.30. The van der Waals surface area contributed by atoms with Gasteiger partial charge in [0.2, 0.25) is 0 Å². The number of hydrogen-bond acceptors (Lipinski definition) is 3. The first kappa shape index (κ1) is 10.2. The highest BCUT2D eigenvalue weighted by Crippen LogP contribution is 2.02. The first-order chi connectivity index (χ1) is 7.84. The molecule has 0 aliphatic rings. The van der Waals surface area contributed by atoms with Crippen molar-refractivity contribution in [3.05, 3.63) is 48.7 Å². The zero-order valence-electron chi connectivity index (χ0n) is 8.51. The molecule has 2 amide bonds. The van der Waals surface area contributed by atoms with Gasteiger partial charge in [-0.15, -0.1) is 0 Å². The Morgan fingerprint density at radius 2 is 2.31 bits per heavy atom. The Morgan fingerprint density at radius 1 is 1.38 bits per heavy atom. The second kappa shape index (κ2) is 4.97. The van der Waals surface area contributed by atoms with E-state index in [2.05, 4.69) is 15.6 Å². The maximum atomic E-state index is 11.4. The van der Waals surface area contributed by atoms with Crippen LogP contribution in [-0.4, -0.2) is 11.0 Å². The highest BCUT2D eigenvalue weighted by atomic mass is 16.3. The molecule has 0 saturated carbocycles. The molecule has 16 heavy (non-hydrogen) atoms. The molecule has 0 radical (unpaired) electrons. The van der Waals surface area contributed by atoms with Crippen LogP contribution in [0.3, 0.4) is 0 Å². The molecule has 82 valence electrons. The summed E-state index contributed by atoms with van der Waals surface area (Å²) in [5, 5.41) is 5.31. The summed E-state index contributed by atoms with van der Waals surface area (Å²) in [5.74, 6) is 0.710. The quantitative estimate of drug-likeness (QED) is 0.826. The number of amides is 2. The van der Waals surface area contributed by atoms with Crippen LogP contribution in [-0.2, 0) is 6.54 Å². The third-order valence-corrected chi connectivity index (χ3v) is 1.92. The number of hydrogen-bond donors (Lipinski definition) is 2. The van der Waals surface area contributed by atoms with E-state index in [0.717, 1.165) is 0 Å². The minimum atomic E-state index is -0.288. The monoisotopic (exact) mass is 217 g/mol. The number of nitrogens with one attached hydrogen (secondary N) is 2. The zero-order chi connectivity index (χ0) is 11.2. The Kier molecular flexibility index (Phi) is 3.18. The molecule has 0 bridgehead atoms. The fraction of sp³-hybridized carbons (Fsp3) is 0.0909. The van der Waals surface area contributed by atoms with Crippen LogP contribution in [0.25, 0.3) is 0 Å². The molecule has 0 spiro atoms. The topological polar surface area (TPSA) is 67.2 Å². The summed E-state index contributed by atoms with van der Waals surface area (Å²) in [7, 11) is 0. The summed E-state index contributed by atoms with van der Waals surface area (Å²) in [6, 6.07) is 6.80. The smallest absolute Gasteiger partial charge is 0.319 e. The molecular weight excluding hydrogens is 206 g/mol. The molecule has 0 saturated heterocycles. The van der Waals surface area contributed by atoms with E-state index in [9.17, 15) is 4.79 Å². The van der Waals surface area contributed by atoms with Crippen LogP contribution >= 0.6 is 0 Å². The van der Waals surface area contributed by atoms with E-state index in [0.29, 0.717) is 18.0 Å². The van der Waals surface area contributed by atoms with Crippen molar-refractivity contribution in [3.63, 3.8) is 0 Å². The van der Waals surface area contributed by atoms with Crippen LogP contribution in [0.15, 0.2) is 47.3 Å². The lowest BCUT2D eigenvalue weighted by Crippen LogP contribution is -2.27. The first-order valence-corrected chi connectivity index (χ1v) is 4.82. The van der Waals surface area contributed by atoms with Crippen LogP contribution in [0.2, 0.25) is 0 Å². The molecule has 0 aliphatic carbocycles. The zero-order valence-corrected chi connectivity index (χ0v) is 8.51. The molecule has 2 N–H and O–H groups in total. The Bertz CT molecular complexity index is 440. The van der Waals surface area contributed by atoms with Crippen molar-refractivity contribution in [1.29, 1.82) is 0 Å². The summed E-state index contributed by atoms with van der Waals surface area (Å²) >= 11 is 0. The number of carbonyl (C=O) groups excluding carboxylic acids is 1. The van der Waals surface area contributed by atoms with Crippen molar-refractivity contribution in [2.24, 2.45) is 0 Å². The van der Waals surface area contributed by atoms with Crippen LogP contribution in [0.1, 0.15) is 5.76 Å². The molecular formula is C11H11N3O2. The van der Waals surface area contributed by atoms with Crippen LogP contribution < -0.4 is 10.6 Å². The maximum absolute atomic E-state index is 11.4. The largest absolute Gasteiger partial charge is 0.467 e. The number of furan rings is 1. The molecule has 5 nitrogen and oxygen atoms in total. The molecule has 0 unspecified atom stereocenters. The summed E-state index contributed by atoms with van der Waals surface area (Å²) in [4.78, 5) is 15.3. The molecule has 0 fully saturated rings. The number of anilines is 1.